The van der Waals surface area contributed by atoms with Crippen molar-refractivity contribution in [3.05, 3.63) is 54.6 Å². The topological polar surface area (TPSA) is 170 Å². The third-order valence-electron chi connectivity index (χ3n) is 6.95. The predicted octanol–water partition coefficient (Wildman–Crippen LogP) is 2.33. The highest BCUT2D eigenvalue weighted by atomic mass is 16.7. The summed E-state index contributed by atoms with van der Waals surface area (Å²) in [4.78, 5) is 48.3. The first-order chi connectivity index (χ1) is 19.4. The van der Waals surface area contributed by atoms with Crippen LogP contribution in [-0.4, -0.2) is 74.1 Å². The number of carbonyl (C=O) groups excluding carboxylic acids is 2. The van der Waals surface area contributed by atoms with Crippen LogP contribution in [0.15, 0.2) is 49.1 Å². The number of fused-ring (bicyclic) bond motifs is 2. The maximum absolute atomic E-state index is 12.2. The zero-order chi connectivity index (χ0) is 28.1. The fourth-order valence-corrected chi connectivity index (χ4v) is 5.13. The largest absolute Gasteiger partial charge is 0.481 e. The van der Waals surface area contributed by atoms with Crippen molar-refractivity contribution in [2.24, 2.45) is 5.92 Å². The van der Waals surface area contributed by atoms with Crippen LogP contribution in [0, 0.1) is 5.92 Å². The van der Waals surface area contributed by atoms with Crippen molar-refractivity contribution in [3.63, 3.8) is 0 Å². The molecule has 1 aliphatic heterocycles. The molecule has 1 saturated carbocycles. The lowest BCUT2D eigenvalue weighted by Gasteiger charge is -2.19. The fraction of sp³-hybridized carbons (Fsp3) is 0.407. The van der Waals surface area contributed by atoms with Gasteiger partial charge in [0.25, 0.3) is 0 Å². The molecule has 0 spiro atoms. The number of aliphatic carboxylic acids is 1. The Morgan fingerprint density at radius 1 is 1.07 bits per heavy atom. The van der Waals surface area contributed by atoms with E-state index in [0.717, 1.165) is 5.56 Å². The van der Waals surface area contributed by atoms with E-state index >= 15 is 0 Å². The molecule has 4 unspecified atom stereocenters. The summed E-state index contributed by atoms with van der Waals surface area (Å²) in [5.74, 6) is -1.17. The van der Waals surface area contributed by atoms with Gasteiger partial charge in [-0.2, -0.15) is 0 Å². The van der Waals surface area contributed by atoms with E-state index in [9.17, 15) is 14.4 Å². The summed E-state index contributed by atoms with van der Waals surface area (Å²) >= 11 is 0. The average molecular weight is 550 g/mol. The van der Waals surface area contributed by atoms with E-state index in [1.54, 1.807) is 6.33 Å². The van der Waals surface area contributed by atoms with E-state index in [4.69, 9.17) is 14.6 Å². The normalized spacial score (nSPS) is 23.8. The minimum Gasteiger partial charge on any atom is -0.481 e. The number of urea groups is 1. The molecule has 2 aliphatic rings. The molecule has 0 radical (unpaired) electrons. The SMILES string of the molecule is CCNC(=O)Nc1ncnc2c1ncn2C1CC(CNC(=O)CCC(=O)O)C2O[C@H](C=Cc3ccccc3)OC21. The van der Waals surface area contributed by atoms with Gasteiger partial charge in [0, 0.05) is 25.4 Å². The summed E-state index contributed by atoms with van der Waals surface area (Å²) in [6, 6.07) is 9.19. The van der Waals surface area contributed by atoms with E-state index in [0.29, 0.717) is 36.5 Å². The quantitative estimate of drug-likeness (QED) is 0.296. The van der Waals surface area contributed by atoms with Crippen LogP contribution in [0.2, 0.25) is 0 Å². The molecule has 13 heteroatoms. The van der Waals surface area contributed by atoms with Gasteiger partial charge in [0.2, 0.25) is 5.91 Å². The number of benzene rings is 1. The lowest BCUT2D eigenvalue weighted by molar-refractivity contribution is -0.138. The number of amides is 3. The van der Waals surface area contributed by atoms with Crippen molar-refractivity contribution in [1.29, 1.82) is 0 Å². The molecular weight excluding hydrogens is 518 g/mol. The first-order valence-corrected chi connectivity index (χ1v) is 13.2. The monoisotopic (exact) mass is 549 g/mol. The Hall–Kier alpha value is -4.36. The van der Waals surface area contributed by atoms with Gasteiger partial charge in [-0.15, -0.1) is 0 Å². The minimum absolute atomic E-state index is 0.0934. The molecule has 3 aromatic rings. The molecule has 1 aliphatic carbocycles. The van der Waals surface area contributed by atoms with E-state index in [-0.39, 0.29) is 42.9 Å². The van der Waals surface area contributed by atoms with Crippen molar-refractivity contribution >= 4 is 41.0 Å². The van der Waals surface area contributed by atoms with E-state index in [1.807, 2.05) is 54.0 Å². The number of carboxylic acid groups (broad SMARTS) is 1. The number of anilines is 1. The van der Waals surface area contributed by atoms with Gasteiger partial charge < -0.3 is 29.8 Å². The summed E-state index contributed by atoms with van der Waals surface area (Å²) in [7, 11) is 0. The van der Waals surface area contributed by atoms with Crippen LogP contribution in [0.5, 0.6) is 0 Å². The number of ether oxygens (including phenoxy) is 2. The van der Waals surface area contributed by atoms with Crippen LogP contribution < -0.4 is 16.0 Å². The molecule has 40 heavy (non-hydrogen) atoms. The molecule has 0 bridgehead atoms. The Bertz CT molecular complexity index is 1390. The third kappa shape index (κ3) is 6.10. The molecule has 2 fully saturated rings. The van der Waals surface area contributed by atoms with Crippen molar-refractivity contribution in [1.82, 2.24) is 30.2 Å². The second-order valence-electron chi connectivity index (χ2n) is 9.63. The van der Waals surface area contributed by atoms with Crippen molar-refractivity contribution in [3.8, 4) is 0 Å². The second kappa shape index (κ2) is 12.2. The number of hydrogen-bond donors (Lipinski definition) is 4. The van der Waals surface area contributed by atoms with Crippen LogP contribution >= 0.6 is 0 Å². The number of carbonyl (C=O) groups is 3. The third-order valence-corrected chi connectivity index (χ3v) is 6.95. The molecular formula is C27H31N7O6. The number of carboxylic acids is 1. The van der Waals surface area contributed by atoms with Gasteiger partial charge >= 0.3 is 12.0 Å². The molecule has 5 atom stereocenters. The fourth-order valence-electron chi connectivity index (χ4n) is 5.13. The highest BCUT2D eigenvalue weighted by Crippen LogP contribution is 2.45. The molecule has 1 aromatic carbocycles. The minimum atomic E-state index is -1.02. The Balaban J connectivity index is 1.37. The standard InChI is InChI=1S/C27H31N7O6/c1-2-28-27(38)33-25-22-26(31-14-30-25)34(15-32-22)18-12-17(13-29-19(35)9-10-20(36)37)23-24(18)40-21(39-23)11-8-16-6-4-3-5-7-16/h3-8,11,14-15,17-18,21,23-24H,2,9-10,12-13H2,1H3,(H,29,35)(H,36,37)(H2,28,30,31,33,38)/t17?,18?,21-,23?,24?/m0/s1. The molecule has 1 saturated heterocycles. The van der Waals surface area contributed by atoms with E-state index in [2.05, 4.69) is 30.9 Å². The zero-order valence-electron chi connectivity index (χ0n) is 21.9. The first kappa shape index (κ1) is 27.2. The number of imidazole rings is 1. The zero-order valence-corrected chi connectivity index (χ0v) is 21.9. The predicted molar refractivity (Wildman–Crippen MR) is 144 cm³/mol. The molecule has 3 heterocycles. The average Bonchev–Trinajstić information content (AvgIpc) is 3.64. The van der Waals surface area contributed by atoms with Crippen LogP contribution in [0.3, 0.4) is 0 Å². The molecule has 13 nitrogen and oxygen atoms in total. The van der Waals surface area contributed by atoms with Gasteiger partial charge in [0.05, 0.1) is 24.9 Å². The number of hydrogen-bond acceptors (Lipinski definition) is 8. The Kier molecular flexibility index (Phi) is 8.31. The van der Waals surface area contributed by atoms with Crippen LogP contribution in [0.1, 0.15) is 37.8 Å². The Morgan fingerprint density at radius 2 is 1.88 bits per heavy atom. The summed E-state index contributed by atoms with van der Waals surface area (Å²) in [6.45, 7) is 2.59. The lowest BCUT2D eigenvalue weighted by atomic mass is 10.1. The van der Waals surface area contributed by atoms with Gasteiger partial charge in [-0.05, 0) is 25.0 Å². The van der Waals surface area contributed by atoms with Gasteiger partial charge in [0.1, 0.15) is 12.4 Å². The maximum Gasteiger partial charge on any atom is 0.320 e. The summed E-state index contributed by atoms with van der Waals surface area (Å²) in [5.41, 5.74) is 1.98. The highest BCUT2D eigenvalue weighted by Gasteiger charge is 2.52. The Morgan fingerprint density at radius 3 is 2.65 bits per heavy atom. The van der Waals surface area contributed by atoms with E-state index in [1.165, 1.54) is 6.33 Å². The summed E-state index contributed by atoms with van der Waals surface area (Å²) < 4.78 is 14.6. The number of rotatable bonds is 10. The number of nitrogens with zero attached hydrogens (tertiary/aromatic N) is 4. The second-order valence-corrected chi connectivity index (χ2v) is 9.63. The van der Waals surface area contributed by atoms with Crippen LogP contribution in [0.25, 0.3) is 17.2 Å². The number of aromatic nitrogens is 4. The van der Waals surface area contributed by atoms with Gasteiger partial charge in [0.15, 0.2) is 23.3 Å². The van der Waals surface area contributed by atoms with Crippen LogP contribution in [0.4, 0.5) is 10.6 Å². The van der Waals surface area contributed by atoms with Crippen molar-refractivity contribution in [2.45, 2.75) is 50.7 Å². The van der Waals surface area contributed by atoms with Crippen molar-refractivity contribution < 1.29 is 29.0 Å². The highest BCUT2D eigenvalue weighted by molar-refractivity contribution is 5.95. The van der Waals surface area contributed by atoms with Crippen molar-refractivity contribution in [2.75, 3.05) is 18.4 Å². The molecule has 3 amide bonds. The van der Waals surface area contributed by atoms with Gasteiger partial charge in [-0.3, -0.25) is 14.9 Å². The summed E-state index contributed by atoms with van der Waals surface area (Å²) in [6.07, 6.45) is 5.79. The summed E-state index contributed by atoms with van der Waals surface area (Å²) in [5, 5.41) is 17.1. The molecule has 210 valence electrons. The molecule has 4 N–H and O–H groups in total. The smallest absolute Gasteiger partial charge is 0.320 e. The van der Waals surface area contributed by atoms with Crippen LogP contribution in [-0.2, 0) is 19.1 Å². The van der Waals surface area contributed by atoms with E-state index < -0.39 is 18.3 Å². The molecule has 2 aromatic heterocycles. The maximum atomic E-state index is 12.2. The lowest BCUT2D eigenvalue weighted by Crippen LogP contribution is -2.35. The van der Waals surface area contributed by atoms with Gasteiger partial charge in [-0.1, -0.05) is 36.4 Å². The first-order valence-electron chi connectivity index (χ1n) is 13.2. The Labute approximate surface area is 230 Å². The van der Waals surface area contributed by atoms with Gasteiger partial charge in [-0.25, -0.2) is 19.7 Å². The molecule has 5 rings (SSSR count). The number of nitrogens with one attached hydrogen (secondary N) is 3.